The van der Waals surface area contributed by atoms with Crippen LogP contribution in [0.3, 0.4) is 0 Å². The molecule has 6 rings (SSSR count). The molecule has 0 fully saturated rings. The van der Waals surface area contributed by atoms with Crippen molar-refractivity contribution in [1.82, 2.24) is 15.0 Å². The van der Waals surface area contributed by atoms with Gasteiger partial charge in [-0.15, -0.1) is 0 Å². The Labute approximate surface area is 280 Å². The van der Waals surface area contributed by atoms with Crippen LogP contribution in [0, 0.1) is 10.1 Å². The van der Waals surface area contributed by atoms with Gasteiger partial charge in [-0.25, -0.2) is 0 Å². The highest BCUT2D eigenvalue weighted by molar-refractivity contribution is 9.11. The molecule has 0 saturated carbocycles. The number of fused-ring (bicyclic) bond motifs is 3. The highest BCUT2D eigenvalue weighted by Crippen LogP contribution is 2.34. The molecule has 0 radical (unpaired) electrons. The molecule has 0 aliphatic rings. The van der Waals surface area contributed by atoms with Crippen LogP contribution < -0.4 is 11.5 Å². The van der Waals surface area contributed by atoms with Crippen molar-refractivity contribution in [2.45, 2.75) is 24.9 Å². The zero-order chi connectivity index (χ0) is 32.8. The number of nitrogens with two attached hydrogens (primary N) is 2. The molecular weight excluding hydrogens is 780 g/mol. The second-order valence-electron chi connectivity index (χ2n) is 9.84. The molecule has 0 saturated heterocycles. The highest BCUT2D eigenvalue weighted by atomic mass is 79.9. The molecule has 45 heavy (non-hydrogen) atoms. The zero-order valence-corrected chi connectivity index (χ0v) is 28.0. The fourth-order valence-electron chi connectivity index (χ4n) is 4.62. The Morgan fingerprint density at radius 1 is 0.756 bits per heavy atom. The van der Waals surface area contributed by atoms with Crippen molar-refractivity contribution in [2.75, 3.05) is 0 Å². The molecule has 2 atom stereocenters. The van der Waals surface area contributed by atoms with Crippen LogP contribution in [0.2, 0.25) is 0 Å². The Morgan fingerprint density at radius 2 is 1.31 bits per heavy atom. The van der Waals surface area contributed by atoms with Gasteiger partial charge in [0, 0.05) is 61.7 Å². The Balaban J connectivity index is 0.000000160. The number of rotatable bonds is 7. The number of para-hydroxylation sites is 2. The third-order valence-electron chi connectivity index (χ3n) is 6.84. The number of carboxylic acid groups (broad SMARTS) is 2. The fourth-order valence-corrected chi connectivity index (χ4v) is 6.04. The number of aliphatic carboxylic acids is 2. The van der Waals surface area contributed by atoms with Crippen molar-refractivity contribution < 1.29 is 24.7 Å². The lowest BCUT2D eigenvalue weighted by Crippen LogP contribution is -2.32. The second kappa shape index (κ2) is 14.8. The van der Waals surface area contributed by atoms with E-state index in [4.69, 9.17) is 21.7 Å². The number of hydrogen-bond acceptors (Lipinski definition) is 6. The minimum atomic E-state index is -1.15. The van der Waals surface area contributed by atoms with Gasteiger partial charge in [-0.05, 0) is 83.2 Å². The van der Waals surface area contributed by atoms with Crippen LogP contribution in [0.15, 0.2) is 86.6 Å². The topological polar surface area (TPSA) is 217 Å². The van der Waals surface area contributed by atoms with Gasteiger partial charge in [0.05, 0.1) is 26.9 Å². The van der Waals surface area contributed by atoms with Crippen molar-refractivity contribution >= 4 is 98.1 Å². The number of carboxylic acids is 2. The van der Waals surface area contributed by atoms with Crippen LogP contribution in [-0.4, -0.2) is 54.1 Å². The first-order valence-corrected chi connectivity index (χ1v) is 15.6. The van der Waals surface area contributed by atoms with Gasteiger partial charge in [0.1, 0.15) is 12.1 Å². The van der Waals surface area contributed by atoms with Crippen molar-refractivity contribution in [3.8, 4) is 0 Å². The van der Waals surface area contributed by atoms with Crippen LogP contribution in [0.5, 0.6) is 0 Å². The average Bonchev–Trinajstić information content (AvgIpc) is 3.74. The predicted molar refractivity (Wildman–Crippen MR) is 183 cm³/mol. The fraction of sp³-hybridized carbons (Fsp3) is 0.133. The summed E-state index contributed by atoms with van der Waals surface area (Å²) in [6.07, 6.45) is 5.64. The highest BCUT2D eigenvalue weighted by Gasteiger charge is 2.22. The first kappa shape index (κ1) is 33.9. The number of aromatic nitrogens is 3. The Hall–Kier alpha value is -4.02. The van der Waals surface area contributed by atoms with Crippen LogP contribution in [-0.2, 0) is 22.4 Å². The molecule has 6 aromatic rings. The van der Waals surface area contributed by atoms with Crippen LogP contribution in [0.1, 0.15) is 11.1 Å². The number of hydrogen-bond donors (Lipinski definition) is 7. The number of nitrogens with one attached hydrogen (secondary N) is 3. The quantitative estimate of drug-likeness (QED) is 0.0687. The van der Waals surface area contributed by atoms with Crippen LogP contribution in [0.4, 0.5) is 5.69 Å². The number of nitrogens with zero attached hydrogens (tertiary/aromatic N) is 1. The van der Waals surface area contributed by atoms with E-state index in [1.165, 1.54) is 17.0 Å². The summed E-state index contributed by atoms with van der Waals surface area (Å²) in [4.78, 5) is 41.1. The Bertz CT molecular complexity index is 2000. The molecule has 9 N–H and O–H groups in total. The lowest BCUT2D eigenvalue weighted by atomic mass is 10.0. The predicted octanol–water partition coefficient (Wildman–Crippen LogP) is 6.61. The zero-order valence-electron chi connectivity index (χ0n) is 23.3. The molecule has 0 aliphatic heterocycles. The number of non-ortho nitro benzene ring substituents is 1. The summed E-state index contributed by atoms with van der Waals surface area (Å²) in [5.74, 6) is -2.13. The van der Waals surface area contributed by atoms with Gasteiger partial charge in [0.15, 0.2) is 0 Å². The maximum atomic E-state index is 11.0. The Morgan fingerprint density at radius 3 is 1.93 bits per heavy atom. The van der Waals surface area contributed by atoms with Crippen molar-refractivity contribution in [3.05, 3.63) is 108 Å². The van der Waals surface area contributed by atoms with E-state index in [9.17, 15) is 19.7 Å². The summed E-state index contributed by atoms with van der Waals surface area (Å²) in [6, 6.07) is 15.0. The smallest absolute Gasteiger partial charge is 0.320 e. The molecule has 2 unspecified atom stereocenters. The molecule has 0 aliphatic carbocycles. The maximum Gasteiger partial charge on any atom is 0.320 e. The van der Waals surface area contributed by atoms with E-state index in [-0.39, 0.29) is 12.1 Å². The van der Waals surface area contributed by atoms with Gasteiger partial charge in [-0.2, -0.15) is 0 Å². The van der Waals surface area contributed by atoms with E-state index in [0.29, 0.717) is 27.4 Å². The van der Waals surface area contributed by atoms with E-state index in [0.717, 1.165) is 25.4 Å². The number of aromatic amines is 3. The third-order valence-corrected chi connectivity index (χ3v) is 8.82. The molecule has 0 amide bonds. The van der Waals surface area contributed by atoms with Gasteiger partial charge < -0.3 is 36.6 Å². The van der Waals surface area contributed by atoms with E-state index in [2.05, 4.69) is 74.9 Å². The minimum absolute atomic E-state index is 0.0205. The van der Waals surface area contributed by atoms with E-state index < -0.39 is 28.9 Å². The summed E-state index contributed by atoms with van der Waals surface area (Å²) in [7, 11) is 0. The number of benzene rings is 3. The van der Waals surface area contributed by atoms with Gasteiger partial charge in [0.2, 0.25) is 0 Å². The summed E-state index contributed by atoms with van der Waals surface area (Å²) in [6.45, 7) is 0. The maximum absolute atomic E-state index is 11.0. The van der Waals surface area contributed by atoms with Crippen molar-refractivity contribution in [2.24, 2.45) is 11.5 Å². The minimum Gasteiger partial charge on any atom is -0.480 e. The van der Waals surface area contributed by atoms with Crippen molar-refractivity contribution in [1.29, 1.82) is 0 Å². The monoisotopic (exact) mass is 804 g/mol. The van der Waals surface area contributed by atoms with E-state index in [1.54, 1.807) is 18.5 Å². The molecule has 3 aromatic carbocycles. The van der Waals surface area contributed by atoms with Crippen LogP contribution in [0.25, 0.3) is 32.7 Å². The van der Waals surface area contributed by atoms with Gasteiger partial charge in [-0.1, -0.05) is 24.3 Å². The summed E-state index contributed by atoms with van der Waals surface area (Å²) in [5.41, 5.74) is 15.0. The standard InChI is InChI=1S/C11H10BrN3O4.C11H11BrN2O2.C8H6BrN/c12-6-1-2-8(15(18)19)9-5(4-14-10(6)9)3-7(13)11(16)17;12-8-3-1-2-7-6(5-14-10(7)8)4-9(13)11(15)16;9-7-3-1-2-6-4-5-10-8(6)7/h1-2,4,7,14H,3,13H2,(H,16,17);1-3,5,9,14H,4,13H2,(H,15,16);1-5,10H. The second-order valence-corrected chi connectivity index (χ2v) is 12.4. The third kappa shape index (κ3) is 7.99. The number of nitro groups is 1. The molecule has 0 spiro atoms. The van der Waals surface area contributed by atoms with Gasteiger partial charge >= 0.3 is 11.9 Å². The van der Waals surface area contributed by atoms with Crippen LogP contribution >= 0.6 is 47.8 Å². The lowest BCUT2D eigenvalue weighted by molar-refractivity contribution is -0.383. The number of nitro benzene ring substituents is 1. The van der Waals surface area contributed by atoms with Gasteiger partial charge in [-0.3, -0.25) is 19.7 Å². The summed E-state index contributed by atoms with van der Waals surface area (Å²) < 4.78 is 2.75. The van der Waals surface area contributed by atoms with Gasteiger partial charge in [0.25, 0.3) is 5.69 Å². The molecule has 3 heterocycles. The molecule has 234 valence electrons. The first-order chi connectivity index (χ1) is 21.4. The Kier molecular flexibility index (Phi) is 11.2. The normalized spacial score (nSPS) is 12.2. The van der Waals surface area contributed by atoms with Crippen molar-refractivity contribution in [3.63, 3.8) is 0 Å². The first-order valence-electron chi connectivity index (χ1n) is 13.2. The average molecular weight is 807 g/mol. The number of halogens is 3. The molecule has 12 nitrogen and oxygen atoms in total. The molecule has 0 bridgehead atoms. The summed E-state index contributed by atoms with van der Waals surface area (Å²) >= 11 is 10.2. The summed E-state index contributed by atoms with van der Waals surface area (Å²) in [5, 5.41) is 31.2. The molecule has 15 heteroatoms. The van der Waals surface area contributed by atoms with E-state index in [1.807, 2.05) is 36.5 Å². The van der Waals surface area contributed by atoms with E-state index >= 15 is 0 Å². The molecular formula is C30H27Br3N6O6. The largest absolute Gasteiger partial charge is 0.480 e. The molecule has 3 aromatic heterocycles. The SMILES string of the molecule is Brc1cccc2cc[nH]c12.NC(Cc1c[nH]c2c(Br)ccc([N+](=O)[O-])c12)C(=O)O.NC(Cc1c[nH]c2c(Br)cccc12)C(=O)O. The number of carbonyl (C=O) groups is 2. The lowest BCUT2D eigenvalue weighted by Gasteiger charge is -2.05. The number of H-pyrrole nitrogens is 3.